The summed E-state index contributed by atoms with van der Waals surface area (Å²) in [6.45, 7) is 6.61. The van der Waals surface area contributed by atoms with E-state index in [0.29, 0.717) is 12.1 Å². The molecule has 4 nitrogen and oxygen atoms in total. The molecule has 0 aliphatic rings. The molecule has 0 unspecified atom stereocenters. The Hall–Kier alpha value is -2.62. The van der Waals surface area contributed by atoms with Crippen LogP contribution < -0.4 is 4.90 Å². The van der Waals surface area contributed by atoms with Gasteiger partial charge in [0.1, 0.15) is 5.82 Å². The average Bonchev–Trinajstić information content (AvgIpc) is 2.82. The molecule has 1 amide bonds. The summed E-state index contributed by atoms with van der Waals surface area (Å²) in [5, 5.41) is 0. The Morgan fingerprint density at radius 1 is 1.17 bits per heavy atom. The number of nitrogens with zero attached hydrogens (tertiary/aromatic N) is 3. The predicted molar refractivity (Wildman–Crippen MR) is 94.0 cm³/mol. The Kier molecular flexibility index (Phi) is 3.90. The van der Waals surface area contributed by atoms with Gasteiger partial charge in [-0.25, -0.2) is 4.98 Å². The first-order chi connectivity index (χ1) is 11.0. The summed E-state index contributed by atoms with van der Waals surface area (Å²) in [6.07, 6.45) is 0. The number of imidazole rings is 1. The molecule has 118 valence electrons. The summed E-state index contributed by atoms with van der Waals surface area (Å²) in [7, 11) is 1.98. The molecular weight excluding hydrogens is 286 g/mol. The molecule has 0 spiro atoms. The SMILES string of the molecule is CCN(C(=O)c1ccc2c(c1)nc(C)n2C)c1cccc(C)c1. The van der Waals surface area contributed by atoms with Crippen LogP contribution >= 0.6 is 0 Å². The lowest BCUT2D eigenvalue weighted by molar-refractivity contribution is 0.0988. The Morgan fingerprint density at radius 3 is 2.65 bits per heavy atom. The second-order valence-electron chi connectivity index (χ2n) is 5.81. The van der Waals surface area contributed by atoms with Gasteiger partial charge in [-0.15, -0.1) is 0 Å². The summed E-state index contributed by atoms with van der Waals surface area (Å²) >= 11 is 0. The highest BCUT2D eigenvalue weighted by atomic mass is 16.2. The van der Waals surface area contributed by atoms with Crippen LogP contribution in [0.4, 0.5) is 5.69 Å². The van der Waals surface area contributed by atoms with Crippen molar-refractivity contribution in [1.82, 2.24) is 9.55 Å². The monoisotopic (exact) mass is 307 g/mol. The Labute approximate surface area is 136 Å². The number of benzene rings is 2. The number of aromatic nitrogens is 2. The smallest absolute Gasteiger partial charge is 0.258 e. The maximum atomic E-state index is 12.9. The third kappa shape index (κ3) is 2.72. The minimum Gasteiger partial charge on any atom is -0.331 e. The van der Waals surface area contributed by atoms with E-state index in [1.165, 1.54) is 0 Å². The van der Waals surface area contributed by atoms with Crippen molar-refractivity contribution in [2.45, 2.75) is 20.8 Å². The van der Waals surface area contributed by atoms with Crippen molar-refractivity contribution in [3.8, 4) is 0 Å². The van der Waals surface area contributed by atoms with Crippen molar-refractivity contribution in [2.24, 2.45) is 7.05 Å². The summed E-state index contributed by atoms with van der Waals surface area (Å²) in [4.78, 5) is 19.2. The fourth-order valence-electron chi connectivity index (χ4n) is 2.85. The number of anilines is 1. The normalized spacial score (nSPS) is 11.0. The highest BCUT2D eigenvalue weighted by Crippen LogP contribution is 2.21. The van der Waals surface area contributed by atoms with Gasteiger partial charge in [0.25, 0.3) is 5.91 Å². The fourth-order valence-corrected chi connectivity index (χ4v) is 2.85. The lowest BCUT2D eigenvalue weighted by atomic mass is 10.1. The highest BCUT2D eigenvalue weighted by Gasteiger charge is 2.17. The topological polar surface area (TPSA) is 38.1 Å². The number of hydrogen-bond acceptors (Lipinski definition) is 2. The number of carbonyl (C=O) groups excluding carboxylic acids is 1. The van der Waals surface area contributed by atoms with Gasteiger partial charge in [-0.3, -0.25) is 4.79 Å². The van der Waals surface area contributed by atoms with Crippen LogP contribution in [0.15, 0.2) is 42.5 Å². The van der Waals surface area contributed by atoms with Crippen LogP contribution in [-0.4, -0.2) is 22.0 Å². The van der Waals surface area contributed by atoms with E-state index in [9.17, 15) is 4.79 Å². The number of carbonyl (C=O) groups is 1. The summed E-state index contributed by atoms with van der Waals surface area (Å²) < 4.78 is 2.03. The number of aryl methyl sites for hydroxylation is 3. The lowest BCUT2D eigenvalue weighted by Crippen LogP contribution is -2.30. The molecule has 0 aliphatic heterocycles. The van der Waals surface area contributed by atoms with Crippen molar-refractivity contribution in [3.63, 3.8) is 0 Å². The van der Waals surface area contributed by atoms with Crippen molar-refractivity contribution < 1.29 is 4.79 Å². The van der Waals surface area contributed by atoms with E-state index >= 15 is 0 Å². The second kappa shape index (κ2) is 5.88. The van der Waals surface area contributed by atoms with E-state index < -0.39 is 0 Å². The largest absolute Gasteiger partial charge is 0.331 e. The number of amides is 1. The minimum absolute atomic E-state index is 0.00306. The zero-order chi connectivity index (χ0) is 16.6. The molecule has 3 aromatic rings. The molecule has 23 heavy (non-hydrogen) atoms. The molecule has 0 saturated carbocycles. The first-order valence-electron chi connectivity index (χ1n) is 7.83. The molecule has 0 bridgehead atoms. The maximum absolute atomic E-state index is 12.9. The van der Waals surface area contributed by atoms with Gasteiger partial charge in [0.15, 0.2) is 0 Å². The maximum Gasteiger partial charge on any atom is 0.258 e. The molecule has 0 atom stereocenters. The number of rotatable bonds is 3. The second-order valence-corrected chi connectivity index (χ2v) is 5.81. The van der Waals surface area contributed by atoms with Gasteiger partial charge in [-0.2, -0.15) is 0 Å². The Bertz CT molecular complexity index is 879. The van der Waals surface area contributed by atoms with Crippen molar-refractivity contribution >= 4 is 22.6 Å². The van der Waals surface area contributed by atoms with Gasteiger partial charge < -0.3 is 9.47 Å². The van der Waals surface area contributed by atoms with Gasteiger partial charge in [0, 0.05) is 24.8 Å². The van der Waals surface area contributed by atoms with Crippen LogP contribution in [0.2, 0.25) is 0 Å². The van der Waals surface area contributed by atoms with Gasteiger partial charge in [0.05, 0.1) is 11.0 Å². The molecule has 0 aliphatic carbocycles. The first-order valence-corrected chi connectivity index (χ1v) is 7.83. The summed E-state index contributed by atoms with van der Waals surface area (Å²) in [6, 6.07) is 13.7. The van der Waals surface area contributed by atoms with Crippen LogP contribution in [0.3, 0.4) is 0 Å². The zero-order valence-corrected chi connectivity index (χ0v) is 14.0. The van der Waals surface area contributed by atoms with Gasteiger partial charge in [-0.05, 0) is 56.7 Å². The van der Waals surface area contributed by atoms with Crippen LogP contribution in [0.25, 0.3) is 11.0 Å². The van der Waals surface area contributed by atoms with Crippen molar-refractivity contribution in [1.29, 1.82) is 0 Å². The van der Waals surface area contributed by atoms with Gasteiger partial charge >= 0.3 is 0 Å². The van der Waals surface area contributed by atoms with Gasteiger partial charge in [0.2, 0.25) is 0 Å². The van der Waals surface area contributed by atoms with Crippen LogP contribution in [0.5, 0.6) is 0 Å². The fraction of sp³-hybridized carbons (Fsp3) is 0.263. The number of fused-ring (bicyclic) bond motifs is 1. The number of hydrogen-bond donors (Lipinski definition) is 0. The van der Waals surface area contributed by atoms with Crippen molar-refractivity contribution in [3.05, 3.63) is 59.4 Å². The van der Waals surface area contributed by atoms with E-state index in [1.54, 1.807) is 4.90 Å². The van der Waals surface area contributed by atoms with Crippen LogP contribution in [0.1, 0.15) is 28.7 Å². The molecule has 0 radical (unpaired) electrons. The molecule has 1 aromatic heterocycles. The molecule has 3 rings (SSSR count). The Balaban J connectivity index is 2.01. The van der Waals surface area contributed by atoms with Crippen LogP contribution in [-0.2, 0) is 7.05 Å². The first kappa shape index (κ1) is 15.3. The van der Waals surface area contributed by atoms with E-state index in [1.807, 2.05) is 74.9 Å². The molecule has 4 heteroatoms. The minimum atomic E-state index is 0.00306. The quantitative estimate of drug-likeness (QED) is 0.737. The summed E-state index contributed by atoms with van der Waals surface area (Å²) in [5.41, 5.74) is 4.63. The van der Waals surface area contributed by atoms with Gasteiger partial charge in [-0.1, -0.05) is 12.1 Å². The molecule has 2 aromatic carbocycles. The van der Waals surface area contributed by atoms with E-state index in [-0.39, 0.29) is 5.91 Å². The van der Waals surface area contributed by atoms with Crippen molar-refractivity contribution in [2.75, 3.05) is 11.4 Å². The molecule has 0 fully saturated rings. The third-order valence-corrected chi connectivity index (χ3v) is 4.23. The molecule has 1 heterocycles. The molecule has 0 saturated heterocycles. The Morgan fingerprint density at radius 2 is 1.96 bits per heavy atom. The van der Waals surface area contributed by atoms with E-state index in [4.69, 9.17) is 0 Å². The standard InChI is InChI=1S/C19H21N3O/c1-5-22(16-8-6-7-13(2)11-16)19(23)15-9-10-18-17(12-15)20-14(3)21(18)4/h6-12H,5H2,1-4H3. The summed E-state index contributed by atoms with van der Waals surface area (Å²) in [5.74, 6) is 0.943. The highest BCUT2D eigenvalue weighted by molar-refractivity contribution is 6.07. The molecule has 0 N–H and O–H groups in total. The zero-order valence-electron chi connectivity index (χ0n) is 14.0. The third-order valence-electron chi connectivity index (χ3n) is 4.23. The van der Waals surface area contributed by atoms with Crippen LogP contribution in [0, 0.1) is 13.8 Å². The van der Waals surface area contributed by atoms with E-state index in [2.05, 4.69) is 4.98 Å². The molecular formula is C19H21N3O. The van der Waals surface area contributed by atoms with E-state index in [0.717, 1.165) is 28.1 Å². The average molecular weight is 307 g/mol. The predicted octanol–water partition coefficient (Wildman–Crippen LogP) is 3.86. The lowest BCUT2D eigenvalue weighted by Gasteiger charge is -2.21.